The van der Waals surface area contributed by atoms with Crippen molar-refractivity contribution in [3.8, 4) is 11.8 Å². The van der Waals surface area contributed by atoms with E-state index in [1.807, 2.05) is 6.07 Å². The largest absolute Gasteiger partial charge is 0.491 e. The maximum absolute atomic E-state index is 8.79. The third-order valence-electron chi connectivity index (χ3n) is 1.85. The summed E-state index contributed by atoms with van der Waals surface area (Å²) in [4.78, 5) is 0. The Morgan fingerprint density at radius 1 is 1.64 bits per heavy atom. The normalized spacial score (nSPS) is 10.1. The van der Waals surface area contributed by atoms with Crippen LogP contribution in [0, 0.1) is 17.2 Å². The van der Waals surface area contributed by atoms with E-state index in [1.165, 1.54) is 11.3 Å². The van der Waals surface area contributed by atoms with Gasteiger partial charge in [-0.05, 0) is 12.3 Å². The zero-order valence-corrected chi connectivity index (χ0v) is 9.23. The lowest BCUT2D eigenvalue weighted by molar-refractivity contribution is 0.290. The molecule has 4 heteroatoms. The van der Waals surface area contributed by atoms with Crippen molar-refractivity contribution in [2.75, 3.05) is 12.3 Å². The Bertz CT molecular complexity index is 338. The highest BCUT2D eigenvalue weighted by atomic mass is 32.1. The van der Waals surface area contributed by atoms with Crippen molar-refractivity contribution < 1.29 is 4.74 Å². The molecule has 0 unspecified atom stereocenters. The molecule has 3 nitrogen and oxygen atoms in total. The molecule has 0 aromatic carbocycles. The molecule has 0 amide bonds. The number of anilines is 1. The number of nitrogens with zero attached hydrogens (tertiary/aromatic N) is 1. The molecule has 0 radical (unpaired) electrons. The highest BCUT2D eigenvalue weighted by Crippen LogP contribution is 2.30. The summed E-state index contributed by atoms with van der Waals surface area (Å²) in [5.41, 5.74) is 6.07. The van der Waals surface area contributed by atoms with Gasteiger partial charge >= 0.3 is 0 Å². The first kappa shape index (κ1) is 10.9. The third-order valence-corrected chi connectivity index (χ3v) is 2.64. The van der Waals surface area contributed by atoms with Gasteiger partial charge in [0.1, 0.15) is 22.4 Å². The van der Waals surface area contributed by atoms with Gasteiger partial charge in [-0.15, -0.1) is 11.3 Å². The average Bonchev–Trinajstić information content (AvgIpc) is 2.46. The third kappa shape index (κ3) is 2.64. The fourth-order valence-corrected chi connectivity index (χ4v) is 1.66. The van der Waals surface area contributed by atoms with Crippen molar-refractivity contribution >= 4 is 16.3 Å². The molecule has 0 atom stereocenters. The van der Waals surface area contributed by atoms with E-state index in [4.69, 9.17) is 15.7 Å². The quantitative estimate of drug-likeness (QED) is 0.831. The maximum atomic E-state index is 8.79. The van der Waals surface area contributed by atoms with E-state index >= 15 is 0 Å². The molecule has 1 heterocycles. The van der Waals surface area contributed by atoms with Crippen molar-refractivity contribution in [1.82, 2.24) is 0 Å². The Kier molecular flexibility index (Phi) is 3.78. The fraction of sp³-hybridized carbons (Fsp3) is 0.500. The maximum Gasteiger partial charge on any atom is 0.149 e. The molecule has 0 spiro atoms. The summed E-state index contributed by atoms with van der Waals surface area (Å²) in [5.74, 6) is 1.23. The van der Waals surface area contributed by atoms with Crippen molar-refractivity contribution in [1.29, 1.82) is 5.26 Å². The van der Waals surface area contributed by atoms with E-state index in [1.54, 1.807) is 5.38 Å². The van der Waals surface area contributed by atoms with Crippen LogP contribution >= 0.6 is 11.3 Å². The zero-order chi connectivity index (χ0) is 10.6. The number of thiophene rings is 1. The van der Waals surface area contributed by atoms with Crippen LogP contribution in [0.4, 0.5) is 5.00 Å². The fourth-order valence-electron chi connectivity index (χ4n) is 0.977. The van der Waals surface area contributed by atoms with Crippen LogP contribution in [-0.4, -0.2) is 6.61 Å². The summed E-state index contributed by atoms with van der Waals surface area (Å²) in [6.07, 6.45) is 0.987. The Labute approximate surface area is 88.1 Å². The van der Waals surface area contributed by atoms with Crippen LogP contribution in [0.25, 0.3) is 0 Å². The smallest absolute Gasteiger partial charge is 0.149 e. The first-order valence-corrected chi connectivity index (χ1v) is 5.43. The van der Waals surface area contributed by atoms with Gasteiger partial charge in [-0.3, -0.25) is 0 Å². The zero-order valence-electron chi connectivity index (χ0n) is 8.41. The number of hydrogen-bond acceptors (Lipinski definition) is 4. The van der Waals surface area contributed by atoms with Crippen molar-refractivity contribution in [2.24, 2.45) is 5.92 Å². The van der Waals surface area contributed by atoms with Gasteiger partial charge in [0.05, 0.1) is 6.61 Å². The highest BCUT2D eigenvalue weighted by Gasteiger charge is 2.09. The predicted molar refractivity (Wildman–Crippen MR) is 58.4 cm³/mol. The number of nitriles is 1. The summed E-state index contributed by atoms with van der Waals surface area (Å²) in [7, 11) is 0. The van der Waals surface area contributed by atoms with Crippen molar-refractivity contribution in [2.45, 2.75) is 20.3 Å². The number of nitrogen functional groups attached to an aromatic ring is 1. The van der Waals surface area contributed by atoms with Gasteiger partial charge in [0, 0.05) is 5.38 Å². The summed E-state index contributed by atoms with van der Waals surface area (Å²) in [5, 5.41) is 11.1. The van der Waals surface area contributed by atoms with Crippen LogP contribution in [0.2, 0.25) is 0 Å². The lowest BCUT2D eigenvalue weighted by Crippen LogP contribution is -2.01. The number of rotatable bonds is 4. The van der Waals surface area contributed by atoms with Crippen molar-refractivity contribution in [3.05, 3.63) is 10.9 Å². The molecular weight excluding hydrogens is 196 g/mol. The molecule has 1 aromatic rings. The number of nitrogens with two attached hydrogens (primary N) is 1. The van der Waals surface area contributed by atoms with Gasteiger partial charge in [-0.2, -0.15) is 5.26 Å². The van der Waals surface area contributed by atoms with Crippen LogP contribution in [-0.2, 0) is 0 Å². The molecule has 0 bridgehead atoms. The lowest BCUT2D eigenvalue weighted by atomic mass is 10.1. The van der Waals surface area contributed by atoms with Gasteiger partial charge in [0.25, 0.3) is 0 Å². The summed E-state index contributed by atoms with van der Waals surface area (Å²) < 4.78 is 5.47. The minimum Gasteiger partial charge on any atom is -0.491 e. The molecule has 0 fully saturated rings. The topological polar surface area (TPSA) is 59.0 Å². The van der Waals surface area contributed by atoms with E-state index in [0.717, 1.165) is 6.42 Å². The van der Waals surface area contributed by atoms with Gasteiger partial charge in [-0.1, -0.05) is 13.8 Å². The Balaban J connectivity index is 2.55. The molecule has 0 saturated heterocycles. The molecule has 0 saturated carbocycles. The van der Waals surface area contributed by atoms with Crippen molar-refractivity contribution in [3.63, 3.8) is 0 Å². The van der Waals surface area contributed by atoms with E-state index in [-0.39, 0.29) is 0 Å². The van der Waals surface area contributed by atoms with E-state index in [2.05, 4.69) is 13.8 Å². The Morgan fingerprint density at radius 3 is 2.93 bits per heavy atom. The molecule has 1 rings (SSSR count). The summed E-state index contributed by atoms with van der Waals surface area (Å²) >= 11 is 1.34. The van der Waals surface area contributed by atoms with Crippen LogP contribution < -0.4 is 10.5 Å². The van der Waals surface area contributed by atoms with Crippen LogP contribution in [0.1, 0.15) is 25.8 Å². The van der Waals surface area contributed by atoms with Gasteiger partial charge in [-0.25, -0.2) is 0 Å². The predicted octanol–water partition coefficient (Wildman–Crippen LogP) is 2.63. The van der Waals surface area contributed by atoms with Crippen LogP contribution in [0.5, 0.6) is 5.75 Å². The van der Waals surface area contributed by atoms with E-state index in [0.29, 0.717) is 28.8 Å². The number of hydrogen-bond donors (Lipinski definition) is 1. The monoisotopic (exact) mass is 210 g/mol. The molecule has 2 N–H and O–H groups in total. The SMILES string of the molecule is CC(C)CCOc1csc(N)c1C#N. The van der Waals surface area contributed by atoms with E-state index < -0.39 is 0 Å². The van der Waals surface area contributed by atoms with Gasteiger partial charge in [0.15, 0.2) is 0 Å². The van der Waals surface area contributed by atoms with Gasteiger partial charge in [0.2, 0.25) is 0 Å². The minimum atomic E-state index is 0.471. The number of ether oxygens (including phenoxy) is 1. The molecule has 1 aromatic heterocycles. The first-order valence-electron chi connectivity index (χ1n) is 4.55. The summed E-state index contributed by atoms with van der Waals surface area (Å²) in [6, 6.07) is 2.04. The molecule has 0 aliphatic rings. The van der Waals surface area contributed by atoms with Gasteiger partial charge < -0.3 is 10.5 Å². The second kappa shape index (κ2) is 4.87. The molecular formula is C10H14N2OS. The average molecular weight is 210 g/mol. The summed E-state index contributed by atoms with van der Waals surface area (Å²) in [6.45, 7) is 4.91. The molecule has 0 aliphatic heterocycles. The first-order chi connectivity index (χ1) is 6.65. The molecule has 76 valence electrons. The second-order valence-corrected chi connectivity index (χ2v) is 4.39. The van der Waals surface area contributed by atoms with E-state index in [9.17, 15) is 0 Å². The Morgan fingerprint density at radius 2 is 2.36 bits per heavy atom. The molecule has 14 heavy (non-hydrogen) atoms. The minimum absolute atomic E-state index is 0.471. The second-order valence-electron chi connectivity index (χ2n) is 3.48. The standard InChI is InChI=1S/C10H14N2OS/c1-7(2)3-4-13-9-6-14-10(12)8(9)5-11/h6-7H,3-4,12H2,1-2H3. The highest BCUT2D eigenvalue weighted by molar-refractivity contribution is 7.14. The Hall–Kier alpha value is -1.21. The van der Waals surface area contributed by atoms with Crippen LogP contribution in [0.15, 0.2) is 5.38 Å². The lowest BCUT2D eigenvalue weighted by Gasteiger charge is -2.06. The molecule has 0 aliphatic carbocycles. The van der Waals surface area contributed by atoms with Crippen LogP contribution in [0.3, 0.4) is 0 Å².